The third kappa shape index (κ3) is 2.82. The molecule has 0 bridgehead atoms. The number of carbonyl (C=O) groups is 1. The van der Waals surface area contributed by atoms with E-state index in [-0.39, 0.29) is 5.91 Å². The second-order valence-corrected chi connectivity index (χ2v) is 4.27. The largest absolute Gasteiger partial charge is 0.384 e. The molecule has 0 atom stereocenters. The molecule has 6 nitrogen and oxygen atoms in total. The first-order valence-electron chi connectivity index (χ1n) is 4.84. The van der Waals surface area contributed by atoms with Gasteiger partial charge in [-0.05, 0) is 28.1 Å². The molecular weight excluding hydrogens is 286 g/mol. The molecule has 2 heterocycles. The molecule has 0 saturated heterocycles. The van der Waals surface area contributed by atoms with Crippen molar-refractivity contribution in [2.24, 2.45) is 0 Å². The molecule has 0 spiro atoms. The van der Waals surface area contributed by atoms with Crippen molar-refractivity contribution in [3.63, 3.8) is 0 Å². The van der Waals surface area contributed by atoms with Gasteiger partial charge in [0.2, 0.25) is 0 Å². The highest BCUT2D eigenvalue weighted by atomic mass is 79.9. The summed E-state index contributed by atoms with van der Waals surface area (Å²) >= 11 is 3.25. The summed E-state index contributed by atoms with van der Waals surface area (Å²) < 4.78 is 0.827. The molecule has 88 valence electrons. The number of carbonyl (C=O) groups excluding carboxylic acids is 1. The predicted molar refractivity (Wildman–Crippen MR) is 66.1 cm³/mol. The summed E-state index contributed by atoms with van der Waals surface area (Å²) in [5.74, 6) is 0.201. The molecule has 0 aliphatic heterocycles. The summed E-state index contributed by atoms with van der Waals surface area (Å²) in [6.45, 7) is 0.318. The van der Waals surface area contributed by atoms with Crippen molar-refractivity contribution >= 4 is 27.7 Å². The van der Waals surface area contributed by atoms with Crippen LogP contribution in [0.1, 0.15) is 16.1 Å². The molecule has 0 aliphatic rings. The summed E-state index contributed by atoms with van der Waals surface area (Å²) in [5.41, 5.74) is 6.70. The molecule has 0 aromatic carbocycles. The molecule has 1 amide bonds. The zero-order chi connectivity index (χ0) is 12.3. The molecular formula is C10H10BrN5O. The van der Waals surface area contributed by atoms with E-state index >= 15 is 0 Å². The van der Waals surface area contributed by atoms with Gasteiger partial charge in [0, 0.05) is 22.8 Å². The smallest absolute Gasteiger partial charge is 0.270 e. The summed E-state index contributed by atoms with van der Waals surface area (Å²) in [7, 11) is 0. The Kier molecular flexibility index (Phi) is 3.38. The normalized spacial score (nSPS) is 10.2. The summed E-state index contributed by atoms with van der Waals surface area (Å²) in [6, 6.07) is 3.40. The van der Waals surface area contributed by atoms with Gasteiger partial charge < -0.3 is 11.1 Å². The quantitative estimate of drug-likeness (QED) is 0.789. The van der Waals surface area contributed by atoms with Crippen LogP contribution >= 0.6 is 15.9 Å². The van der Waals surface area contributed by atoms with Gasteiger partial charge in [-0.2, -0.15) is 5.10 Å². The van der Waals surface area contributed by atoms with Gasteiger partial charge in [0.15, 0.2) is 0 Å². The van der Waals surface area contributed by atoms with Crippen LogP contribution in [0.4, 0.5) is 5.82 Å². The monoisotopic (exact) mass is 295 g/mol. The third-order valence-corrected chi connectivity index (χ3v) is 2.62. The number of nitrogens with two attached hydrogens (primary N) is 1. The number of pyridine rings is 1. The highest BCUT2D eigenvalue weighted by molar-refractivity contribution is 9.10. The first-order valence-corrected chi connectivity index (χ1v) is 5.63. The Morgan fingerprint density at radius 3 is 2.88 bits per heavy atom. The van der Waals surface area contributed by atoms with E-state index in [1.54, 1.807) is 24.5 Å². The Labute approximate surface area is 106 Å². The second kappa shape index (κ2) is 4.96. The molecule has 0 aliphatic carbocycles. The van der Waals surface area contributed by atoms with Crippen LogP contribution in [0.25, 0.3) is 0 Å². The van der Waals surface area contributed by atoms with Crippen molar-refractivity contribution in [1.29, 1.82) is 0 Å². The van der Waals surface area contributed by atoms with Gasteiger partial charge in [0.05, 0.1) is 6.20 Å². The topological polar surface area (TPSA) is 96.7 Å². The number of amides is 1. The van der Waals surface area contributed by atoms with E-state index in [9.17, 15) is 4.79 Å². The van der Waals surface area contributed by atoms with Crippen molar-refractivity contribution in [3.8, 4) is 0 Å². The van der Waals surface area contributed by atoms with E-state index in [4.69, 9.17) is 5.73 Å². The highest BCUT2D eigenvalue weighted by Gasteiger charge is 2.08. The number of aromatic amines is 1. The lowest BCUT2D eigenvalue weighted by atomic mass is 10.3. The number of nitrogen functional groups attached to an aromatic ring is 1. The van der Waals surface area contributed by atoms with Gasteiger partial charge in [-0.15, -0.1) is 0 Å². The number of hydrogen-bond acceptors (Lipinski definition) is 4. The highest BCUT2D eigenvalue weighted by Crippen LogP contribution is 2.08. The van der Waals surface area contributed by atoms with Crippen LogP contribution < -0.4 is 11.1 Å². The van der Waals surface area contributed by atoms with Crippen molar-refractivity contribution in [3.05, 3.63) is 40.3 Å². The van der Waals surface area contributed by atoms with Crippen LogP contribution in [0.15, 0.2) is 29.0 Å². The van der Waals surface area contributed by atoms with Crippen molar-refractivity contribution in [1.82, 2.24) is 20.5 Å². The maximum absolute atomic E-state index is 11.7. The number of rotatable bonds is 3. The minimum Gasteiger partial charge on any atom is -0.384 e. The molecule has 2 aromatic heterocycles. The lowest BCUT2D eigenvalue weighted by Gasteiger charge is -2.03. The molecule has 0 fully saturated rings. The number of halogens is 1. The number of H-pyrrole nitrogens is 1. The van der Waals surface area contributed by atoms with Crippen LogP contribution in [0.2, 0.25) is 0 Å². The van der Waals surface area contributed by atoms with Crippen LogP contribution in [0.5, 0.6) is 0 Å². The van der Waals surface area contributed by atoms with E-state index in [1.165, 1.54) is 0 Å². The molecule has 4 N–H and O–H groups in total. The van der Waals surface area contributed by atoms with Crippen molar-refractivity contribution in [2.75, 3.05) is 5.73 Å². The molecule has 0 radical (unpaired) electrons. The molecule has 0 saturated carbocycles. The van der Waals surface area contributed by atoms with Gasteiger partial charge in [-0.3, -0.25) is 9.89 Å². The average molecular weight is 296 g/mol. The fourth-order valence-corrected chi connectivity index (χ4v) is 1.47. The maximum Gasteiger partial charge on any atom is 0.270 e. The molecule has 7 heteroatoms. The Morgan fingerprint density at radius 1 is 1.47 bits per heavy atom. The zero-order valence-electron chi connectivity index (χ0n) is 8.77. The molecule has 2 aromatic rings. The number of nitrogens with one attached hydrogen (secondary N) is 2. The number of anilines is 1. The van der Waals surface area contributed by atoms with E-state index in [0.29, 0.717) is 18.1 Å². The Balaban J connectivity index is 1.98. The third-order valence-electron chi connectivity index (χ3n) is 2.15. The SMILES string of the molecule is Nc1[nH]ncc1CNC(=O)c1ccc(Br)cn1. The van der Waals surface area contributed by atoms with Crippen LogP contribution in [-0.4, -0.2) is 21.1 Å². The summed E-state index contributed by atoms with van der Waals surface area (Å²) in [5, 5.41) is 9.06. The standard InChI is InChI=1S/C10H10BrN5O/c11-7-1-2-8(13-5-7)10(17)14-3-6-4-15-16-9(6)12/h1-2,4-5H,3H2,(H,14,17)(H3,12,15,16). The van der Waals surface area contributed by atoms with Crippen molar-refractivity contribution < 1.29 is 4.79 Å². The van der Waals surface area contributed by atoms with Crippen molar-refractivity contribution in [2.45, 2.75) is 6.54 Å². The van der Waals surface area contributed by atoms with Gasteiger partial charge in [-0.1, -0.05) is 0 Å². The van der Waals surface area contributed by atoms with E-state index < -0.39 is 0 Å². The van der Waals surface area contributed by atoms with Crippen LogP contribution in [-0.2, 0) is 6.54 Å². The van der Waals surface area contributed by atoms with Crippen LogP contribution in [0, 0.1) is 0 Å². The summed E-state index contributed by atoms with van der Waals surface area (Å²) in [4.78, 5) is 15.7. The lowest BCUT2D eigenvalue weighted by Crippen LogP contribution is -2.23. The minimum absolute atomic E-state index is 0.252. The average Bonchev–Trinajstić information content (AvgIpc) is 2.73. The summed E-state index contributed by atoms with van der Waals surface area (Å²) in [6.07, 6.45) is 3.14. The maximum atomic E-state index is 11.7. The molecule has 2 rings (SSSR count). The van der Waals surface area contributed by atoms with Gasteiger partial charge in [-0.25, -0.2) is 4.98 Å². The molecule has 0 unspecified atom stereocenters. The lowest BCUT2D eigenvalue weighted by molar-refractivity contribution is 0.0946. The zero-order valence-corrected chi connectivity index (χ0v) is 10.4. The minimum atomic E-state index is -0.252. The van der Waals surface area contributed by atoms with E-state index in [1.807, 2.05) is 0 Å². The van der Waals surface area contributed by atoms with E-state index in [2.05, 4.69) is 36.4 Å². The second-order valence-electron chi connectivity index (χ2n) is 3.35. The number of aromatic nitrogens is 3. The Bertz CT molecular complexity index is 522. The van der Waals surface area contributed by atoms with E-state index in [0.717, 1.165) is 10.0 Å². The number of hydrogen-bond donors (Lipinski definition) is 3. The predicted octanol–water partition coefficient (Wildman–Crippen LogP) is 1.08. The number of nitrogens with zero attached hydrogens (tertiary/aromatic N) is 2. The first-order chi connectivity index (χ1) is 8.16. The van der Waals surface area contributed by atoms with Gasteiger partial charge in [0.1, 0.15) is 11.5 Å². The van der Waals surface area contributed by atoms with Gasteiger partial charge >= 0.3 is 0 Å². The first kappa shape index (κ1) is 11.6. The Hall–Kier alpha value is -1.89. The van der Waals surface area contributed by atoms with Crippen LogP contribution in [0.3, 0.4) is 0 Å². The molecule has 17 heavy (non-hydrogen) atoms. The fourth-order valence-electron chi connectivity index (χ4n) is 1.24. The Morgan fingerprint density at radius 2 is 2.29 bits per heavy atom. The van der Waals surface area contributed by atoms with Gasteiger partial charge in [0.25, 0.3) is 5.91 Å². The fraction of sp³-hybridized carbons (Fsp3) is 0.100.